The Bertz CT molecular complexity index is 448. The van der Waals surface area contributed by atoms with Gasteiger partial charge in [0.2, 0.25) is 0 Å². The van der Waals surface area contributed by atoms with E-state index in [0.717, 1.165) is 38.2 Å². The van der Waals surface area contributed by atoms with Crippen LogP contribution in [0.4, 0.5) is 4.39 Å². The number of methoxy groups -OCH3 is 1. The zero-order valence-corrected chi connectivity index (χ0v) is 13.4. The van der Waals surface area contributed by atoms with Crippen molar-refractivity contribution in [3.8, 4) is 5.75 Å². The third-order valence-corrected chi connectivity index (χ3v) is 3.15. The first kappa shape index (κ1) is 18.4. The molecule has 0 radical (unpaired) electrons. The summed E-state index contributed by atoms with van der Waals surface area (Å²) in [6.45, 7) is 3.51. The lowest BCUT2D eigenvalue weighted by Crippen LogP contribution is -2.08. The Hall–Kier alpha value is -1.62. The molecule has 0 saturated heterocycles. The van der Waals surface area contributed by atoms with E-state index in [-0.39, 0.29) is 11.3 Å². The van der Waals surface area contributed by atoms with Crippen LogP contribution in [-0.2, 0) is 9.47 Å². The van der Waals surface area contributed by atoms with Crippen LogP contribution in [0.15, 0.2) is 18.2 Å². The van der Waals surface area contributed by atoms with Crippen molar-refractivity contribution in [2.75, 3.05) is 26.9 Å². The van der Waals surface area contributed by atoms with Gasteiger partial charge in [0.25, 0.3) is 0 Å². The van der Waals surface area contributed by atoms with Crippen molar-refractivity contribution >= 4 is 5.97 Å². The average Bonchev–Trinajstić information content (AvgIpc) is 2.52. The lowest BCUT2D eigenvalue weighted by Gasteiger charge is -2.09. The third kappa shape index (κ3) is 6.89. The van der Waals surface area contributed by atoms with E-state index in [1.165, 1.54) is 12.1 Å². The summed E-state index contributed by atoms with van der Waals surface area (Å²) >= 11 is 0. The Balaban J connectivity index is 2.41. The summed E-state index contributed by atoms with van der Waals surface area (Å²) in [6.07, 6.45) is 4.57. The standard InChI is InChI=1S/C17H25FO4/c1-3-4-5-11-21-16-9-8-14(13-15(16)18)17(19)22-12-7-6-10-20-2/h8-9,13H,3-7,10-12H2,1-2H3. The van der Waals surface area contributed by atoms with Crippen molar-refractivity contribution in [2.24, 2.45) is 0 Å². The van der Waals surface area contributed by atoms with Gasteiger partial charge in [0.1, 0.15) is 0 Å². The summed E-state index contributed by atoms with van der Waals surface area (Å²) in [7, 11) is 1.63. The molecule has 0 aliphatic rings. The molecule has 5 heteroatoms. The van der Waals surface area contributed by atoms with Crippen LogP contribution in [0.25, 0.3) is 0 Å². The van der Waals surface area contributed by atoms with Gasteiger partial charge >= 0.3 is 5.97 Å². The van der Waals surface area contributed by atoms with Crippen LogP contribution in [-0.4, -0.2) is 32.9 Å². The molecule has 0 fully saturated rings. The molecule has 1 aromatic carbocycles. The second-order valence-corrected chi connectivity index (χ2v) is 5.04. The van der Waals surface area contributed by atoms with Crippen molar-refractivity contribution in [3.05, 3.63) is 29.6 Å². The number of esters is 1. The minimum atomic E-state index is -0.537. The summed E-state index contributed by atoms with van der Waals surface area (Å²) in [5.41, 5.74) is 0.199. The fourth-order valence-corrected chi connectivity index (χ4v) is 1.88. The molecule has 0 unspecified atom stereocenters. The summed E-state index contributed by atoms with van der Waals surface area (Å²) in [5.74, 6) is -0.882. The van der Waals surface area contributed by atoms with E-state index in [1.54, 1.807) is 7.11 Å². The number of rotatable bonds is 11. The highest BCUT2D eigenvalue weighted by molar-refractivity contribution is 5.89. The third-order valence-electron chi connectivity index (χ3n) is 3.15. The number of halogens is 1. The summed E-state index contributed by atoms with van der Waals surface area (Å²) in [6, 6.07) is 4.16. The van der Waals surface area contributed by atoms with E-state index in [9.17, 15) is 9.18 Å². The molecule has 0 aliphatic carbocycles. The Morgan fingerprint density at radius 1 is 1.09 bits per heavy atom. The van der Waals surface area contributed by atoms with E-state index in [2.05, 4.69) is 6.92 Å². The van der Waals surface area contributed by atoms with Gasteiger partial charge in [0.05, 0.1) is 18.8 Å². The van der Waals surface area contributed by atoms with Gasteiger partial charge in [-0.05, 0) is 37.5 Å². The number of hydrogen-bond donors (Lipinski definition) is 0. The van der Waals surface area contributed by atoms with Crippen LogP contribution in [0.1, 0.15) is 49.4 Å². The van der Waals surface area contributed by atoms with Crippen molar-refractivity contribution < 1.29 is 23.4 Å². The average molecular weight is 312 g/mol. The van der Waals surface area contributed by atoms with Gasteiger partial charge in [-0.1, -0.05) is 19.8 Å². The van der Waals surface area contributed by atoms with Gasteiger partial charge in [0.15, 0.2) is 11.6 Å². The molecule has 0 bridgehead atoms. The minimum absolute atomic E-state index is 0.174. The predicted octanol–water partition coefficient (Wildman–Crippen LogP) is 3.98. The monoisotopic (exact) mass is 312 g/mol. The van der Waals surface area contributed by atoms with Gasteiger partial charge in [0, 0.05) is 13.7 Å². The molecule has 0 atom stereocenters. The quantitative estimate of drug-likeness (QED) is 0.458. The number of hydrogen-bond acceptors (Lipinski definition) is 4. The van der Waals surface area contributed by atoms with E-state index in [4.69, 9.17) is 14.2 Å². The molecule has 0 aliphatic heterocycles. The van der Waals surface area contributed by atoms with Crippen LogP contribution >= 0.6 is 0 Å². The Labute approximate surface area is 131 Å². The summed E-state index contributed by atoms with van der Waals surface area (Å²) < 4.78 is 29.2. The van der Waals surface area contributed by atoms with Gasteiger partial charge in [-0.3, -0.25) is 0 Å². The van der Waals surface area contributed by atoms with E-state index in [0.29, 0.717) is 19.8 Å². The largest absolute Gasteiger partial charge is 0.491 e. The van der Waals surface area contributed by atoms with Crippen LogP contribution in [0.2, 0.25) is 0 Å². The Kier molecular flexibility index (Phi) is 9.23. The lowest BCUT2D eigenvalue weighted by molar-refractivity contribution is 0.0488. The van der Waals surface area contributed by atoms with Crippen molar-refractivity contribution in [1.29, 1.82) is 0 Å². The summed E-state index contributed by atoms with van der Waals surface area (Å²) in [5, 5.41) is 0. The van der Waals surface area contributed by atoms with Crippen LogP contribution in [0.3, 0.4) is 0 Å². The van der Waals surface area contributed by atoms with Gasteiger partial charge < -0.3 is 14.2 Å². The van der Waals surface area contributed by atoms with Crippen molar-refractivity contribution in [1.82, 2.24) is 0 Å². The maximum absolute atomic E-state index is 13.9. The maximum Gasteiger partial charge on any atom is 0.338 e. The smallest absolute Gasteiger partial charge is 0.338 e. The molecule has 0 aromatic heterocycles. The molecule has 1 rings (SSSR count). The zero-order chi connectivity index (χ0) is 16.2. The molecule has 0 heterocycles. The van der Waals surface area contributed by atoms with Crippen molar-refractivity contribution in [3.63, 3.8) is 0 Å². The number of carbonyl (C=O) groups is 1. The fourth-order valence-electron chi connectivity index (χ4n) is 1.88. The van der Waals surface area contributed by atoms with Crippen LogP contribution in [0, 0.1) is 5.82 Å². The normalized spacial score (nSPS) is 10.5. The molecule has 0 N–H and O–H groups in total. The minimum Gasteiger partial charge on any atom is -0.491 e. The molecule has 124 valence electrons. The first-order chi connectivity index (χ1) is 10.7. The lowest BCUT2D eigenvalue weighted by atomic mass is 10.2. The molecular weight excluding hydrogens is 287 g/mol. The molecule has 0 saturated carbocycles. The highest BCUT2D eigenvalue weighted by atomic mass is 19.1. The number of benzene rings is 1. The molecule has 4 nitrogen and oxygen atoms in total. The Morgan fingerprint density at radius 2 is 1.82 bits per heavy atom. The van der Waals surface area contributed by atoms with Gasteiger partial charge in [-0.15, -0.1) is 0 Å². The second kappa shape index (κ2) is 11.0. The summed E-state index contributed by atoms with van der Waals surface area (Å²) in [4.78, 5) is 11.8. The maximum atomic E-state index is 13.9. The molecule has 22 heavy (non-hydrogen) atoms. The number of ether oxygens (including phenoxy) is 3. The molecular formula is C17H25FO4. The van der Waals surface area contributed by atoms with Gasteiger partial charge in [-0.25, -0.2) is 9.18 Å². The highest BCUT2D eigenvalue weighted by Gasteiger charge is 2.11. The van der Waals surface area contributed by atoms with Crippen LogP contribution in [0.5, 0.6) is 5.75 Å². The first-order valence-electron chi connectivity index (χ1n) is 7.77. The highest BCUT2D eigenvalue weighted by Crippen LogP contribution is 2.19. The van der Waals surface area contributed by atoms with Crippen molar-refractivity contribution in [2.45, 2.75) is 39.0 Å². The van der Waals surface area contributed by atoms with E-state index < -0.39 is 11.8 Å². The topological polar surface area (TPSA) is 44.8 Å². The van der Waals surface area contributed by atoms with E-state index in [1.807, 2.05) is 0 Å². The number of unbranched alkanes of at least 4 members (excludes halogenated alkanes) is 3. The first-order valence-corrected chi connectivity index (χ1v) is 7.77. The Morgan fingerprint density at radius 3 is 2.50 bits per heavy atom. The fraction of sp³-hybridized carbons (Fsp3) is 0.588. The SMILES string of the molecule is CCCCCOc1ccc(C(=O)OCCCCOC)cc1F. The molecule has 0 amide bonds. The molecule has 0 spiro atoms. The van der Waals surface area contributed by atoms with E-state index >= 15 is 0 Å². The zero-order valence-electron chi connectivity index (χ0n) is 13.4. The second-order valence-electron chi connectivity index (χ2n) is 5.04. The predicted molar refractivity (Wildman–Crippen MR) is 82.8 cm³/mol. The number of carbonyl (C=O) groups excluding carboxylic acids is 1. The molecule has 1 aromatic rings. The van der Waals surface area contributed by atoms with Gasteiger partial charge in [-0.2, -0.15) is 0 Å². The van der Waals surface area contributed by atoms with Crippen LogP contribution < -0.4 is 4.74 Å².